The highest BCUT2D eigenvalue weighted by molar-refractivity contribution is 7.89. The van der Waals surface area contributed by atoms with Crippen LogP contribution in [0.5, 0.6) is 0 Å². The zero-order chi connectivity index (χ0) is 22.9. The first-order chi connectivity index (χ1) is 15.1. The van der Waals surface area contributed by atoms with E-state index in [9.17, 15) is 21.6 Å². The number of pyridine rings is 1. The van der Waals surface area contributed by atoms with Crippen molar-refractivity contribution in [3.05, 3.63) is 66.1 Å². The van der Waals surface area contributed by atoms with Crippen LogP contribution in [0.3, 0.4) is 0 Å². The Bertz CT molecular complexity index is 1190. The van der Waals surface area contributed by atoms with E-state index in [-0.39, 0.29) is 18.0 Å². The fourth-order valence-electron chi connectivity index (χ4n) is 3.47. The van der Waals surface area contributed by atoms with Gasteiger partial charge in [0.2, 0.25) is 10.0 Å². The number of anilines is 1. The highest BCUT2D eigenvalue weighted by atomic mass is 32.2. The molecule has 3 aromatic rings. The Morgan fingerprint density at radius 1 is 0.906 bits per heavy atom. The second kappa shape index (κ2) is 8.47. The highest BCUT2D eigenvalue weighted by Crippen LogP contribution is 2.30. The molecule has 1 saturated heterocycles. The van der Waals surface area contributed by atoms with E-state index in [1.54, 1.807) is 12.4 Å². The minimum atomic E-state index is -4.52. The van der Waals surface area contributed by atoms with E-state index >= 15 is 0 Å². The van der Waals surface area contributed by atoms with Crippen LogP contribution in [-0.4, -0.2) is 53.9 Å². The van der Waals surface area contributed by atoms with Gasteiger partial charge < -0.3 is 4.90 Å². The molecule has 32 heavy (non-hydrogen) atoms. The van der Waals surface area contributed by atoms with Crippen LogP contribution in [0.25, 0.3) is 11.4 Å². The van der Waals surface area contributed by atoms with Gasteiger partial charge in [-0.15, -0.1) is 0 Å². The fraction of sp³-hybridized carbons (Fsp3) is 0.286. The average Bonchev–Trinajstić information content (AvgIpc) is 2.79. The lowest BCUT2D eigenvalue weighted by molar-refractivity contribution is -0.137. The van der Waals surface area contributed by atoms with Crippen LogP contribution in [0.15, 0.2) is 59.8 Å². The van der Waals surface area contributed by atoms with Crippen molar-refractivity contribution in [1.82, 2.24) is 19.3 Å². The van der Waals surface area contributed by atoms with Gasteiger partial charge in [0.05, 0.1) is 10.5 Å². The minimum absolute atomic E-state index is 0.156. The van der Waals surface area contributed by atoms with Gasteiger partial charge in [-0.05, 0) is 43.3 Å². The smallest absolute Gasteiger partial charge is 0.354 e. The Morgan fingerprint density at radius 2 is 1.53 bits per heavy atom. The molecule has 0 spiro atoms. The van der Waals surface area contributed by atoms with Gasteiger partial charge in [0.25, 0.3) is 0 Å². The van der Waals surface area contributed by atoms with Crippen molar-refractivity contribution in [3.8, 4) is 11.4 Å². The summed E-state index contributed by atoms with van der Waals surface area (Å²) < 4.78 is 65.3. The van der Waals surface area contributed by atoms with Gasteiger partial charge in [-0.3, -0.25) is 4.98 Å². The van der Waals surface area contributed by atoms with E-state index in [2.05, 4.69) is 15.0 Å². The quantitative estimate of drug-likeness (QED) is 0.590. The molecule has 0 saturated carbocycles. The molecule has 2 aromatic heterocycles. The molecular formula is C21H20F3N5O2S. The number of aryl methyl sites for hydroxylation is 1. The van der Waals surface area contributed by atoms with Gasteiger partial charge in [-0.1, -0.05) is 0 Å². The molecule has 1 aromatic carbocycles. The third-order valence-corrected chi connectivity index (χ3v) is 7.07. The van der Waals surface area contributed by atoms with Crippen molar-refractivity contribution in [2.45, 2.75) is 18.0 Å². The van der Waals surface area contributed by atoms with Gasteiger partial charge in [0.1, 0.15) is 5.82 Å². The van der Waals surface area contributed by atoms with E-state index < -0.39 is 21.8 Å². The molecule has 0 N–H and O–H groups in total. The van der Waals surface area contributed by atoms with Crippen molar-refractivity contribution < 1.29 is 21.6 Å². The first-order valence-electron chi connectivity index (χ1n) is 9.83. The predicted octanol–water partition coefficient (Wildman–Crippen LogP) is 3.38. The molecule has 0 amide bonds. The van der Waals surface area contributed by atoms with Crippen LogP contribution in [0, 0.1) is 6.92 Å². The topological polar surface area (TPSA) is 79.3 Å². The van der Waals surface area contributed by atoms with Gasteiger partial charge in [0, 0.05) is 55.9 Å². The van der Waals surface area contributed by atoms with Crippen LogP contribution < -0.4 is 4.90 Å². The molecule has 4 rings (SSSR count). The summed E-state index contributed by atoms with van der Waals surface area (Å²) in [6.45, 7) is 3.04. The van der Waals surface area contributed by atoms with Crippen molar-refractivity contribution in [1.29, 1.82) is 0 Å². The molecule has 1 aliphatic rings. The average molecular weight is 463 g/mol. The first-order valence-corrected chi connectivity index (χ1v) is 11.3. The zero-order valence-corrected chi connectivity index (χ0v) is 17.9. The van der Waals surface area contributed by atoms with E-state index in [0.717, 1.165) is 35.5 Å². The number of sulfonamides is 1. The van der Waals surface area contributed by atoms with Crippen molar-refractivity contribution >= 4 is 15.8 Å². The molecule has 168 valence electrons. The number of alkyl halides is 3. The number of rotatable bonds is 4. The number of halogens is 3. The van der Waals surface area contributed by atoms with Gasteiger partial charge in [-0.25, -0.2) is 18.4 Å². The summed E-state index contributed by atoms with van der Waals surface area (Å²) >= 11 is 0. The monoisotopic (exact) mass is 463 g/mol. The summed E-state index contributed by atoms with van der Waals surface area (Å²) in [6, 6.07) is 9.03. The van der Waals surface area contributed by atoms with E-state index in [0.29, 0.717) is 24.7 Å². The van der Waals surface area contributed by atoms with Crippen LogP contribution >= 0.6 is 0 Å². The number of benzene rings is 1. The number of piperazine rings is 1. The highest BCUT2D eigenvalue weighted by Gasteiger charge is 2.32. The second-order valence-electron chi connectivity index (χ2n) is 7.34. The van der Waals surface area contributed by atoms with Crippen molar-refractivity contribution in [2.24, 2.45) is 0 Å². The minimum Gasteiger partial charge on any atom is -0.354 e. The Kier molecular flexibility index (Phi) is 5.87. The van der Waals surface area contributed by atoms with Gasteiger partial charge in [0.15, 0.2) is 5.82 Å². The summed E-state index contributed by atoms with van der Waals surface area (Å²) in [5, 5.41) is 0. The second-order valence-corrected chi connectivity index (χ2v) is 9.28. The number of hydrogen-bond donors (Lipinski definition) is 0. The lowest BCUT2D eigenvalue weighted by atomic mass is 10.2. The molecule has 0 atom stereocenters. The van der Waals surface area contributed by atoms with Crippen molar-refractivity contribution in [3.63, 3.8) is 0 Å². The standard InChI is InChI=1S/C21H20F3N5O2S/c1-15-14-19(27-20(26-15)16-6-8-25-9-7-16)28-10-12-29(13-11-28)32(30,31)18-4-2-17(3-5-18)21(22,23)24/h2-9,14H,10-13H2,1H3. The van der Waals surface area contributed by atoms with E-state index in [4.69, 9.17) is 0 Å². The molecule has 11 heteroatoms. The van der Waals surface area contributed by atoms with Crippen molar-refractivity contribution in [2.75, 3.05) is 31.1 Å². The van der Waals surface area contributed by atoms with Crippen LogP contribution in [0.1, 0.15) is 11.3 Å². The molecule has 0 radical (unpaired) electrons. The Labute approximate surface area is 183 Å². The normalized spacial score (nSPS) is 15.7. The SMILES string of the molecule is Cc1cc(N2CCN(S(=O)(=O)c3ccc(C(F)(F)F)cc3)CC2)nc(-c2ccncc2)n1. The lowest BCUT2D eigenvalue weighted by Crippen LogP contribution is -2.49. The van der Waals surface area contributed by atoms with E-state index in [1.165, 1.54) is 4.31 Å². The Morgan fingerprint density at radius 3 is 2.12 bits per heavy atom. The molecule has 0 bridgehead atoms. The summed E-state index contributed by atoms with van der Waals surface area (Å²) in [7, 11) is -3.89. The third-order valence-electron chi connectivity index (χ3n) is 5.16. The number of hydrogen-bond acceptors (Lipinski definition) is 6. The molecular weight excluding hydrogens is 443 g/mol. The molecule has 7 nitrogen and oxygen atoms in total. The molecule has 1 fully saturated rings. The van der Waals surface area contributed by atoms with Crippen LogP contribution in [-0.2, 0) is 16.2 Å². The summed E-state index contributed by atoms with van der Waals surface area (Å²) in [6.07, 6.45) is -1.20. The maximum atomic E-state index is 12.9. The molecule has 0 aliphatic carbocycles. The molecule has 3 heterocycles. The maximum Gasteiger partial charge on any atom is 0.416 e. The summed E-state index contributed by atoms with van der Waals surface area (Å²) in [5.41, 5.74) is 0.723. The fourth-order valence-corrected chi connectivity index (χ4v) is 4.89. The lowest BCUT2D eigenvalue weighted by Gasteiger charge is -2.34. The van der Waals surface area contributed by atoms with Gasteiger partial charge in [-0.2, -0.15) is 17.5 Å². The Balaban J connectivity index is 1.49. The van der Waals surface area contributed by atoms with Crippen LogP contribution in [0.2, 0.25) is 0 Å². The molecule has 1 aliphatic heterocycles. The largest absolute Gasteiger partial charge is 0.416 e. The molecule has 0 unspecified atom stereocenters. The maximum absolute atomic E-state index is 12.9. The predicted molar refractivity (Wildman–Crippen MR) is 112 cm³/mol. The number of aromatic nitrogens is 3. The summed E-state index contributed by atoms with van der Waals surface area (Å²) in [5.74, 6) is 1.25. The first kappa shape index (κ1) is 22.2. The van der Waals surface area contributed by atoms with Crippen LogP contribution in [0.4, 0.5) is 19.0 Å². The zero-order valence-electron chi connectivity index (χ0n) is 17.1. The summed E-state index contributed by atoms with van der Waals surface area (Å²) in [4.78, 5) is 14.9. The number of nitrogens with zero attached hydrogens (tertiary/aromatic N) is 5. The third kappa shape index (κ3) is 4.58. The van der Waals surface area contributed by atoms with E-state index in [1.807, 2.05) is 30.0 Å². The van der Waals surface area contributed by atoms with Gasteiger partial charge >= 0.3 is 6.18 Å². The Hall–Kier alpha value is -3.05.